The first-order valence-corrected chi connectivity index (χ1v) is 7.01. The molecule has 2 aromatic rings. The van der Waals surface area contributed by atoms with Crippen molar-refractivity contribution < 1.29 is 14.6 Å². The summed E-state index contributed by atoms with van der Waals surface area (Å²) in [6.07, 6.45) is 1.75. The Bertz CT molecular complexity index is 686. The number of aliphatic carboxylic acids is 1. The predicted molar refractivity (Wildman–Crippen MR) is 80.8 cm³/mol. The van der Waals surface area contributed by atoms with E-state index in [1.54, 1.807) is 13.3 Å². The summed E-state index contributed by atoms with van der Waals surface area (Å²) in [5.74, 6) is 0.681. The highest BCUT2D eigenvalue weighted by atomic mass is 16.5. The van der Waals surface area contributed by atoms with Crippen LogP contribution in [0.2, 0.25) is 0 Å². The lowest BCUT2D eigenvalue weighted by Gasteiger charge is -2.19. The second kappa shape index (κ2) is 5.24. The zero-order chi connectivity index (χ0) is 15.0. The van der Waals surface area contributed by atoms with Gasteiger partial charge in [-0.2, -0.15) is 0 Å². The van der Waals surface area contributed by atoms with Gasteiger partial charge >= 0.3 is 5.97 Å². The molecule has 5 nitrogen and oxygen atoms in total. The van der Waals surface area contributed by atoms with E-state index in [1.165, 1.54) is 0 Å². The molecule has 1 saturated heterocycles. The number of hydrogen-bond acceptors (Lipinski definition) is 4. The van der Waals surface area contributed by atoms with E-state index in [4.69, 9.17) is 4.74 Å². The zero-order valence-corrected chi connectivity index (χ0v) is 12.1. The summed E-state index contributed by atoms with van der Waals surface area (Å²) in [4.78, 5) is 17.8. The van der Waals surface area contributed by atoms with Crippen LogP contribution in [0.5, 0.6) is 5.75 Å². The maximum Gasteiger partial charge on any atom is 0.308 e. The quantitative estimate of drug-likeness (QED) is 0.938. The van der Waals surface area contributed by atoms with Crippen molar-refractivity contribution in [2.75, 3.05) is 25.1 Å². The van der Waals surface area contributed by atoms with Gasteiger partial charge in [0.25, 0.3) is 0 Å². The molecule has 110 valence electrons. The van der Waals surface area contributed by atoms with Crippen molar-refractivity contribution in [3.05, 3.63) is 30.5 Å². The lowest BCUT2D eigenvalue weighted by atomic mass is 9.99. The van der Waals surface area contributed by atoms with Gasteiger partial charge in [-0.1, -0.05) is 19.1 Å². The smallest absolute Gasteiger partial charge is 0.308 e. The standard InChI is InChI=1S/C16H18N2O3/c1-10-8-18(9-13(10)16(19)20)15-12-4-3-5-14(21-2)11(12)6-7-17-15/h3-7,10,13H,8-9H2,1-2H3,(H,19,20)/t10-,13-/m1/s1. The molecule has 3 rings (SSSR count). The summed E-state index contributed by atoms with van der Waals surface area (Å²) in [6, 6.07) is 7.77. The first-order valence-electron chi connectivity index (χ1n) is 7.01. The fraction of sp³-hybridized carbons (Fsp3) is 0.375. The second-order valence-corrected chi connectivity index (χ2v) is 5.52. The Hall–Kier alpha value is -2.30. The van der Waals surface area contributed by atoms with Gasteiger partial charge in [0.05, 0.1) is 13.0 Å². The van der Waals surface area contributed by atoms with Gasteiger partial charge < -0.3 is 14.7 Å². The molecule has 21 heavy (non-hydrogen) atoms. The van der Waals surface area contributed by atoms with Crippen molar-refractivity contribution in [2.24, 2.45) is 11.8 Å². The summed E-state index contributed by atoms with van der Waals surface area (Å²) in [5, 5.41) is 11.3. The number of fused-ring (bicyclic) bond motifs is 1. The van der Waals surface area contributed by atoms with Crippen LogP contribution in [0.1, 0.15) is 6.92 Å². The molecule has 0 unspecified atom stereocenters. The van der Waals surface area contributed by atoms with Crippen LogP contribution in [-0.4, -0.2) is 36.3 Å². The highest BCUT2D eigenvalue weighted by Gasteiger charge is 2.35. The van der Waals surface area contributed by atoms with Crippen LogP contribution in [-0.2, 0) is 4.79 Å². The Kier molecular flexibility index (Phi) is 3.41. The molecular formula is C16H18N2O3. The molecule has 1 aliphatic heterocycles. The molecule has 0 amide bonds. The van der Waals surface area contributed by atoms with Gasteiger partial charge in [-0.25, -0.2) is 4.98 Å². The molecule has 0 bridgehead atoms. The average molecular weight is 286 g/mol. The summed E-state index contributed by atoms with van der Waals surface area (Å²) in [5.41, 5.74) is 0. The number of benzene rings is 1. The van der Waals surface area contributed by atoms with Crippen molar-refractivity contribution in [3.63, 3.8) is 0 Å². The fourth-order valence-electron chi connectivity index (χ4n) is 3.05. The molecule has 1 aromatic carbocycles. The molecule has 1 aliphatic rings. The molecule has 1 N–H and O–H groups in total. The van der Waals surface area contributed by atoms with Gasteiger partial charge in [0.1, 0.15) is 11.6 Å². The maximum absolute atomic E-state index is 11.3. The molecule has 0 saturated carbocycles. The molecule has 0 radical (unpaired) electrons. The van der Waals surface area contributed by atoms with Crippen LogP contribution < -0.4 is 9.64 Å². The van der Waals surface area contributed by atoms with Gasteiger partial charge in [-0.15, -0.1) is 0 Å². The molecule has 1 fully saturated rings. The lowest BCUT2D eigenvalue weighted by molar-refractivity contribution is -0.142. The summed E-state index contributed by atoms with van der Waals surface area (Å²) < 4.78 is 5.39. The largest absolute Gasteiger partial charge is 0.496 e. The number of anilines is 1. The van der Waals surface area contributed by atoms with Crippen molar-refractivity contribution >= 4 is 22.6 Å². The fourth-order valence-corrected chi connectivity index (χ4v) is 3.05. The van der Waals surface area contributed by atoms with E-state index in [9.17, 15) is 9.90 Å². The highest BCUT2D eigenvalue weighted by molar-refractivity contribution is 5.96. The van der Waals surface area contributed by atoms with Crippen LogP contribution in [0.4, 0.5) is 5.82 Å². The van der Waals surface area contributed by atoms with E-state index in [-0.39, 0.29) is 11.8 Å². The Balaban J connectivity index is 2.04. The minimum absolute atomic E-state index is 0.116. The van der Waals surface area contributed by atoms with Gasteiger partial charge in [0.15, 0.2) is 0 Å². The first-order chi connectivity index (χ1) is 10.1. The molecular weight excluding hydrogens is 268 g/mol. The third-order valence-electron chi connectivity index (χ3n) is 4.19. The molecule has 2 heterocycles. The summed E-state index contributed by atoms with van der Waals surface area (Å²) in [7, 11) is 1.65. The van der Waals surface area contributed by atoms with E-state index < -0.39 is 5.97 Å². The van der Waals surface area contributed by atoms with Crippen LogP contribution in [0.15, 0.2) is 30.5 Å². The third kappa shape index (κ3) is 2.28. The molecule has 0 aliphatic carbocycles. The minimum Gasteiger partial charge on any atom is -0.496 e. The maximum atomic E-state index is 11.3. The topological polar surface area (TPSA) is 62.7 Å². The Morgan fingerprint density at radius 3 is 2.81 bits per heavy atom. The first kappa shape index (κ1) is 13.7. The number of rotatable bonds is 3. The molecule has 0 spiro atoms. The molecule has 2 atom stereocenters. The monoisotopic (exact) mass is 286 g/mol. The van der Waals surface area contributed by atoms with Crippen molar-refractivity contribution in [3.8, 4) is 5.75 Å². The van der Waals surface area contributed by atoms with Crippen molar-refractivity contribution in [2.45, 2.75) is 6.92 Å². The van der Waals surface area contributed by atoms with Crippen molar-refractivity contribution in [1.82, 2.24) is 4.98 Å². The van der Waals surface area contributed by atoms with Gasteiger partial charge in [-0.3, -0.25) is 4.79 Å². The van der Waals surface area contributed by atoms with Crippen molar-refractivity contribution in [1.29, 1.82) is 0 Å². The zero-order valence-electron chi connectivity index (χ0n) is 12.1. The van der Waals surface area contributed by atoms with Crippen LogP contribution >= 0.6 is 0 Å². The SMILES string of the molecule is COc1cccc2c(N3C[C@@H](C)[C@H](C(=O)O)C3)nccc12. The Labute approximate surface area is 123 Å². The predicted octanol–water partition coefficient (Wildman–Crippen LogP) is 2.40. The number of carboxylic acid groups (broad SMARTS) is 1. The number of hydrogen-bond donors (Lipinski definition) is 1. The summed E-state index contributed by atoms with van der Waals surface area (Å²) >= 11 is 0. The lowest BCUT2D eigenvalue weighted by Crippen LogP contribution is -2.23. The Morgan fingerprint density at radius 2 is 2.14 bits per heavy atom. The van der Waals surface area contributed by atoms with Crippen LogP contribution in [0, 0.1) is 11.8 Å². The van der Waals surface area contributed by atoms with E-state index in [0.29, 0.717) is 13.1 Å². The van der Waals surface area contributed by atoms with Crippen LogP contribution in [0.25, 0.3) is 10.8 Å². The average Bonchev–Trinajstić information content (AvgIpc) is 2.88. The van der Waals surface area contributed by atoms with Gasteiger partial charge in [-0.05, 0) is 18.1 Å². The number of ether oxygens (including phenoxy) is 1. The summed E-state index contributed by atoms with van der Waals surface area (Å²) in [6.45, 7) is 3.19. The highest BCUT2D eigenvalue weighted by Crippen LogP contribution is 2.34. The van der Waals surface area contributed by atoms with E-state index in [1.807, 2.05) is 31.2 Å². The van der Waals surface area contributed by atoms with E-state index in [0.717, 1.165) is 22.3 Å². The molecule has 5 heteroatoms. The van der Waals surface area contributed by atoms with Crippen LogP contribution in [0.3, 0.4) is 0 Å². The van der Waals surface area contributed by atoms with E-state index in [2.05, 4.69) is 9.88 Å². The Morgan fingerprint density at radius 1 is 1.33 bits per heavy atom. The number of aromatic nitrogens is 1. The third-order valence-corrected chi connectivity index (χ3v) is 4.19. The van der Waals surface area contributed by atoms with Gasteiger partial charge in [0.2, 0.25) is 0 Å². The number of pyridine rings is 1. The number of nitrogens with zero attached hydrogens (tertiary/aromatic N) is 2. The van der Waals surface area contributed by atoms with E-state index >= 15 is 0 Å². The number of carbonyl (C=O) groups is 1. The number of methoxy groups -OCH3 is 1. The normalized spacial score (nSPS) is 21.7. The number of carboxylic acids is 1. The van der Waals surface area contributed by atoms with Gasteiger partial charge in [0, 0.05) is 30.1 Å². The minimum atomic E-state index is -0.734. The molecule has 1 aromatic heterocycles. The second-order valence-electron chi connectivity index (χ2n) is 5.52.